The maximum atomic E-state index is 12.7. The van der Waals surface area contributed by atoms with Gasteiger partial charge in [0.15, 0.2) is 11.9 Å². The normalized spacial score (nSPS) is 41.4. The molecule has 5 heteroatoms. The lowest BCUT2D eigenvalue weighted by Gasteiger charge is -2.62. The molecule has 1 aromatic rings. The zero-order chi connectivity index (χ0) is 17.0. The fourth-order valence-electron chi connectivity index (χ4n) is 6.25. The van der Waals surface area contributed by atoms with Gasteiger partial charge in [0.25, 0.3) is 0 Å². The van der Waals surface area contributed by atoms with E-state index < -0.39 is 17.1 Å². The molecule has 5 aliphatic rings. The number of aliphatic hydroxyl groups is 1. The van der Waals surface area contributed by atoms with E-state index in [0.29, 0.717) is 25.0 Å². The Morgan fingerprint density at radius 2 is 2.16 bits per heavy atom. The summed E-state index contributed by atoms with van der Waals surface area (Å²) in [6, 6.07) is 3.50. The summed E-state index contributed by atoms with van der Waals surface area (Å²) in [7, 11) is 0. The van der Waals surface area contributed by atoms with Crippen LogP contribution in [0.3, 0.4) is 0 Å². The van der Waals surface area contributed by atoms with Crippen molar-refractivity contribution in [1.29, 1.82) is 0 Å². The van der Waals surface area contributed by atoms with Gasteiger partial charge in [-0.05, 0) is 50.1 Å². The SMILES string of the molecule is O=C1CCC2(O)C3Cc4ccc([O-])c5c4C2(CCN3CC2CC2)C1O5. The molecule has 1 spiro atoms. The zero-order valence-corrected chi connectivity index (χ0v) is 14.2. The van der Waals surface area contributed by atoms with Crippen molar-refractivity contribution in [1.82, 2.24) is 4.90 Å². The average molecular weight is 340 g/mol. The van der Waals surface area contributed by atoms with Crippen molar-refractivity contribution in [2.45, 2.75) is 61.7 Å². The summed E-state index contributed by atoms with van der Waals surface area (Å²) in [5.74, 6) is 0.990. The van der Waals surface area contributed by atoms with E-state index in [1.54, 1.807) is 6.07 Å². The highest BCUT2D eigenvalue weighted by Crippen LogP contribution is 2.64. The van der Waals surface area contributed by atoms with Crippen molar-refractivity contribution >= 4 is 5.78 Å². The number of hydrogen-bond donors (Lipinski definition) is 1. The summed E-state index contributed by atoms with van der Waals surface area (Å²) in [5.41, 5.74) is 0.283. The Balaban J connectivity index is 1.58. The van der Waals surface area contributed by atoms with Crippen LogP contribution in [-0.2, 0) is 16.6 Å². The Kier molecular flexibility index (Phi) is 2.55. The molecule has 1 aromatic carbocycles. The highest BCUT2D eigenvalue weighted by atomic mass is 16.5. The van der Waals surface area contributed by atoms with Crippen LogP contribution in [0.25, 0.3) is 0 Å². The zero-order valence-electron chi connectivity index (χ0n) is 14.2. The third-order valence-electron chi connectivity index (χ3n) is 7.54. The molecule has 3 aliphatic carbocycles. The fraction of sp³-hybridized carbons (Fsp3) is 0.650. The Hall–Kier alpha value is -1.59. The molecule has 0 amide bonds. The second kappa shape index (κ2) is 4.38. The van der Waals surface area contributed by atoms with E-state index in [0.717, 1.165) is 36.6 Å². The standard InChI is InChI=1S/C20H23NO4/c22-13-4-3-12-9-15-20(24)6-5-14(23)18-19(20,16(12)17(13)25-18)7-8-21(15)10-11-1-2-11/h3-4,11,15,18,22,24H,1-2,5-10H2/p-1. The highest BCUT2D eigenvalue weighted by molar-refractivity contribution is 5.90. The van der Waals surface area contributed by atoms with Crippen molar-refractivity contribution in [3.05, 3.63) is 23.3 Å². The van der Waals surface area contributed by atoms with Gasteiger partial charge in [-0.15, -0.1) is 0 Å². The minimum Gasteiger partial charge on any atom is -0.870 e. The second-order valence-electron chi connectivity index (χ2n) is 8.69. The number of Topliss-reactive ketones (excluding diaryl/α,β-unsaturated/α-hetero) is 1. The predicted molar refractivity (Wildman–Crippen MR) is 87.6 cm³/mol. The number of piperidine rings is 1. The maximum Gasteiger partial charge on any atom is 0.174 e. The third kappa shape index (κ3) is 1.56. The topological polar surface area (TPSA) is 72.8 Å². The summed E-state index contributed by atoms with van der Waals surface area (Å²) >= 11 is 0. The number of ether oxygens (including phenoxy) is 1. The first-order valence-electron chi connectivity index (χ1n) is 9.54. The van der Waals surface area contributed by atoms with Gasteiger partial charge in [0.1, 0.15) is 5.75 Å². The molecule has 4 unspecified atom stereocenters. The molecule has 2 saturated carbocycles. The van der Waals surface area contributed by atoms with E-state index in [-0.39, 0.29) is 17.6 Å². The molecule has 1 N–H and O–H groups in total. The molecule has 4 atom stereocenters. The first kappa shape index (κ1) is 14.6. The Morgan fingerprint density at radius 3 is 2.96 bits per heavy atom. The van der Waals surface area contributed by atoms with Gasteiger partial charge in [-0.3, -0.25) is 9.69 Å². The van der Waals surface area contributed by atoms with Gasteiger partial charge in [0.05, 0.1) is 11.0 Å². The molecular weight excluding hydrogens is 318 g/mol. The predicted octanol–water partition coefficient (Wildman–Crippen LogP) is 0.893. The van der Waals surface area contributed by atoms with Gasteiger partial charge >= 0.3 is 0 Å². The fourth-order valence-corrected chi connectivity index (χ4v) is 6.25. The number of nitrogens with zero attached hydrogens (tertiary/aromatic N) is 1. The molecule has 0 aromatic heterocycles. The number of carbonyl (C=O) groups excluding carboxylic acids is 1. The largest absolute Gasteiger partial charge is 0.870 e. The molecule has 2 bridgehead atoms. The molecule has 6 rings (SSSR count). The molecule has 25 heavy (non-hydrogen) atoms. The van der Waals surface area contributed by atoms with Crippen LogP contribution in [0.1, 0.15) is 43.2 Å². The third-order valence-corrected chi connectivity index (χ3v) is 7.54. The van der Waals surface area contributed by atoms with Gasteiger partial charge in [-0.2, -0.15) is 0 Å². The second-order valence-corrected chi connectivity index (χ2v) is 8.69. The van der Waals surface area contributed by atoms with Crippen LogP contribution in [0.5, 0.6) is 11.5 Å². The van der Waals surface area contributed by atoms with Crippen LogP contribution in [0.15, 0.2) is 12.1 Å². The maximum absolute atomic E-state index is 12.7. The van der Waals surface area contributed by atoms with Crippen LogP contribution < -0.4 is 9.84 Å². The first-order valence-corrected chi connectivity index (χ1v) is 9.54. The minimum absolute atomic E-state index is 0.0250. The molecule has 2 aliphatic heterocycles. The summed E-state index contributed by atoms with van der Waals surface area (Å²) in [6.45, 7) is 1.92. The molecular formula is C20H22NO4-. The molecule has 1 saturated heterocycles. The van der Waals surface area contributed by atoms with E-state index in [4.69, 9.17) is 4.74 Å². The van der Waals surface area contributed by atoms with E-state index in [2.05, 4.69) is 4.90 Å². The summed E-state index contributed by atoms with van der Waals surface area (Å²) in [6.07, 6.45) is 4.17. The molecule has 0 radical (unpaired) electrons. The first-order chi connectivity index (χ1) is 12.0. The van der Waals surface area contributed by atoms with Gasteiger partial charge < -0.3 is 14.9 Å². The van der Waals surface area contributed by atoms with Crippen LogP contribution in [0.2, 0.25) is 0 Å². The molecule has 132 valence electrons. The van der Waals surface area contributed by atoms with Crippen molar-refractivity contribution in [2.24, 2.45) is 5.92 Å². The lowest BCUT2D eigenvalue weighted by Crippen LogP contribution is -2.76. The summed E-state index contributed by atoms with van der Waals surface area (Å²) in [5, 5.41) is 24.3. The number of carbonyl (C=O) groups is 1. The number of hydrogen-bond acceptors (Lipinski definition) is 5. The van der Waals surface area contributed by atoms with Crippen molar-refractivity contribution in [3.63, 3.8) is 0 Å². The highest BCUT2D eigenvalue weighted by Gasteiger charge is 2.72. The average Bonchev–Trinajstić information content (AvgIpc) is 3.32. The van der Waals surface area contributed by atoms with Crippen molar-refractivity contribution in [3.8, 4) is 11.5 Å². The minimum atomic E-state index is -0.967. The number of likely N-dealkylation sites (tertiary alicyclic amines) is 1. The van der Waals surface area contributed by atoms with Gasteiger partial charge in [0.2, 0.25) is 0 Å². The van der Waals surface area contributed by atoms with Crippen LogP contribution in [0, 0.1) is 5.92 Å². The van der Waals surface area contributed by atoms with Gasteiger partial charge in [0, 0.05) is 24.6 Å². The van der Waals surface area contributed by atoms with Crippen LogP contribution >= 0.6 is 0 Å². The van der Waals surface area contributed by atoms with Crippen molar-refractivity contribution < 1.29 is 19.7 Å². The van der Waals surface area contributed by atoms with Gasteiger partial charge in [-0.1, -0.05) is 17.9 Å². The van der Waals surface area contributed by atoms with Crippen LogP contribution in [0.4, 0.5) is 0 Å². The van der Waals surface area contributed by atoms with E-state index in [9.17, 15) is 15.0 Å². The molecule has 2 heterocycles. The van der Waals surface area contributed by atoms with E-state index >= 15 is 0 Å². The number of ketones is 1. The van der Waals surface area contributed by atoms with Gasteiger partial charge in [-0.25, -0.2) is 0 Å². The summed E-state index contributed by atoms with van der Waals surface area (Å²) < 4.78 is 5.97. The number of rotatable bonds is 2. The smallest absolute Gasteiger partial charge is 0.174 e. The summed E-state index contributed by atoms with van der Waals surface area (Å²) in [4.78, 5) is 15.2. The number of benzene rings is 1. The van der Waals surface area contributed by atoms with Crippen LogP contribution in [-0.4, -0.2) is 46.6 Å². The molecule has 3 fully saturated rings. The monoisotopic (exact) mass is 340 g/mol. The lowest BCUT2D eigenvalue weighted by atomic mass is 9.49. The Morgan fingerprint density at radius 1 is 1.32 bits per heavy atom. The Labute approximate surface area is 146 Å². The quantitative estimate of drug-likeness (QED) is 0.866. The molecule has 5 nitrogen and oxygen atoms in total. The van der Waals surface area contributed by atoms with E-state index in [1.807, 2.05) is 6.07 Å². The lowest BCUT2D eigenvalue weighted by molar-refractivity contribution is -0.270. The Bertz CT molecular complexity index is 803. The van der Waals surface area contributed by atoms with Crippen molar-refractivity contribution in [2.75, 3.05) is 13.1 Å². The van der Waals surface area contributed by atoms with E-state index in [1.165, 1.54) is 12.8 Å².